The van der Waals surface area contributed by atoms with E-state index in [1.807, 2.05) is 6.07 Å². The third-order valence-electron chi connectivity index (χ3n) is 8.67. The number of fused-ring (bicyclic) bond motifs is 8. The molecule has 44 heavy (non-hydrogen) atoms. The van der Waals surface area contributed by atoms with E-state index in [4.69, 9.17) is 14.4 Å². The van der Waals surface area contributed by atoms with Crippen molar-refractivity contribution in [1.82, 2.24) is 14.4 Å². The van der Waals surface area contributed by atoms with Crippen molar-refractivity contribution in [3.05, 3.63) is 139 Å². The fourth-order valence-corrected chi connectivity index (χ4v) is 6.50. The Labute approximate surface area is 253 Å². The molecule has 4 heteroatoms. The number of furan rings is 1. The van der Waals surface area contributed by atoms with Crippen molar-refractivity contribution in [1.29, 1.82) is 0 Å². The second kappa shape index (κ2) is 9.38. The number of hydrogen-bond donors (Lipinski definition) is 0. The standard InChI is InChI=1S/C40H27N3O/c1-24-7-5-10-30(19-24)39-41-34-16-14-28(23-33(34)40-42-35-11-3-4-12-36(35)43(39)40)26-8-6-9-27(21-26)29-15-18-38-32(22-29)31-20-25(2)13-17-37(31)44-38/h3-23H,1-2H3. The summed E-state index contributed by atoms with van der Waals surface area (Å²) in [6, 6.07) is 44.9. The molecule has 0 aliphatic carbocycles. The van der Waals surface area contributed by atoms with E-state index < -0.39 is 0 Å². The largest absolute Gasteiger partial charge is 0.456 e. The van der Waals surface area contributed by atoms with Gasteiger partial charge in [0, 0.05) is 21.7 Å². The monoisotopic (exact) mass is 565 g/mol. The normalized spacial score (nSPS) is 11.9. The molecule has 0 N–H and O–H groups in total. The summed E-state index contributed by atoms with van der Waals surface area (Å²) >= 11 is 0. The minimum atomic E-state index is 0.900. The van der Waals surface area contributed by atoms with Crippen LogP contribution < -0.4 is 0 Å². The zero-order chi connectivity index (χ0) is 29.4. The van der Waals surface area contributed by atoms with Crippen LogP contribution in [0, 0.1) is 13.8 Å². The van der Waals surface area contributed by atoms with Gasteiger partial charge >= 0.3 is 0 Å². The molecule has 9 rings (SSSR count). The van der Waals surface area contributed by atoms with Crippen LogP contribution >= 0.6 is 0 Å². The Morgan fingerprint density at radius 2 is 1.14 bits per heavy atom. The topological polar surface area (TPSA) is 43.3 Å². The highest BCUT2D eigenvalue weighted by Gasteiger charge is 2.16. The first-order valence-corrected chi connectivity index (χ1v) is 14.9. The summed E-state index contributed by atoms with van der Waals surface area (Å²) in [6.45, 7) is 4.23. The molecule has 0 atom stereocenters. The smallest absolute Gasteiger partial charge is 0.149 e. The van der Waals surface area contributed by atoms with Crippen molar-refractivity contribution in [3.8, 4) is 33.6 Å². The molecular formula is C40H27N3O. The molecule has 0 aliphatic rings. The summed E-state index contributed by atoms with van der Waals surface area (Å²) in [6.07, 6.45) is 0. The van der Waals surface area contributed by atoms with Crippen LogP contribution in [0.15, 0.2) is 132 Å². The molecule has 0 spiro atoms. The summed E-state index contributed by atoms with van der Waals surface area (Å²) in [7, 11) is 0. The van der Waals surface area contributed by atoms with Crippen LogP contribution in [0.2, 0.25) is 0 Å². The van der Waals surface area contributed by atoms with Crippen LogP contribution in [-0.2, 0) is 0 Å². The van der Waals surface area contributed by atoms with Gasteiger partial charge in [0.05, 0.1) is 16.6 Å². The minimum Gasteiger partial charge on any atom is -0.456 e. The first-order valence-electron chi connectivity index (χ1n) is 14.9. The van der Waals surface area contributed by atoms with Crippen LogP contribution in [0.4, 0.5) is 0 Å². The molecule has 4 nitrogen and oxygen atoms in total. The van der Waals surface area contributed by atoms with Crippen LogP contribution in [-0.4, -0.2) is 14.4 Å². The minimum absolute atomic E-state index is 0.900. The highest BCUT2D eigenvalue weighted by molar-refractivity contribution is 6.06. The van der Waals surface area contributed by atoms with Crippen molar-refractivity contribution in [2.24, 2.45) is 0 Å². The second-order valence-electron chi connectivity index (χ2n) is 11.7. The molecule has 0 aliphatic heterocycles. The van der Waals surface area contributed by atoms with E-state index in [1.165, 1.54) is 11.1 Å². The average molecular weight is 566 g/mol. The first kappa shape index (κ1) is 24.8. The van der Waals surface area contributed by atoms with E-state index in [2.05, 4.69) is 140 Å². The lowest BCUT2D eigenvalue weighted by Crippen LogP contribution is -1.98. The maximum atomic E-state index is 6.12. The summed E-state index contributed by atoms with van der Waals surface area (Å²) in [5.41, 5.74) is 13.8. The predicted octanol–water partition coefficient (Wildman–Crippen LogP) is 10.6. The third-order valence-corrected chi connectivity index (χ3v) is 8.67. The maximum Gasteiger partial charge on any atom is 0.149 e. The van der Waals surface area contributed by atoms with Crippen LogP contribution in [0.25, 0.3) is 83.2 Å². The van der Waals surface area contributed by atoms with Gasteiger partial charge < -0.3 is 4.42 Å². The molecule has 208 valence electrons. The van der Waals surface area contributed by atoms with E-state index in [1.54, 1.807) is 0 Å². The Bertz CT molecular complexity index is 2590. The lowest BCUT2D eigenvalue weighted by atomic mass is 9.97. The summed E-state index contributed by atoms with van der Waals surface area (Å²) < 4.78 is 8.32. The number of benzene rings is 6. The van der Waals surface area contributed by atoms with E-state index in [9.17, 15) is 0 Å². The molecule has 0 unspecified atom stereocenters. The summed E-state index contributed by atoms with van der Waals surface area (Å²) in [4.78, 5) is 10.3. The summed E-state index contributed by atoms with van der Waals surface area (Å²) in [5.74, 6) is 0.900. The third kappa shape index (κ3) is 3.85. The Morgan fingerprint density at radius 3 is 1.98 bits per heavy atom. The van der Waals surface area contributed by atoms with Crippen molar-refractivity contribution in [2.75, 3.05) is 0 Å². The SMILES string of the molecule is Cc1cccc(-c2nc3ccc(-c4cccc(-c5ccc6oc7ccc(C)cc7c6c5)c4)cc3c3nc4ccccc4n23)c1. The Balaban J connectivity index is 1.21. The quantitative estimate of drug-likeness (QED) is 0.214. The lowest BCUT2D eigenvalue weighted by Gasteiger charge is -2.12. The number of aryl methyl sites for hydroxylation is 2. The van der Waals surface area contributed by atoms with Crippen molar-refractivity contribution < 1.29 is 4.42 Å². The molecular weight excluding hydrogens is 538 g/mol. The Hall–Kier alpha value is -5.74. The van der Waals surface area contributed by atoms with Gasteiger partial charge in [-0.2, -0.15) is 0 Å². The fraction of sp³-hybridized carbons (Fsp3) is 0.0500. The highest BCUT2D eigenvalue weighted by atomic mass is 16.3. The maximum absolute atomic E-state index is 6.12. The van der Waals surface area contributed by atoms with Gasteiger partial charge in [-0.05, 0) is 96.8 Å². The van der Waals surface area contributed by atoms with Gasteiger partial charge in [0.15, 0.2) is 0 Å². The van der Waals surface area contributed by atoms with Crippen LogP contribution in [0.5, 0.6) is 0 Å². The summed E-state index contributed by atoms with van der Waals surface area (Å²) in [5, 5.41) is 3.32. The van der Waals surface area contributed by atoms with Crippen molar-refractivity contribution >= 4 is 49.5 Å². The zero-order valence-corrected chi connectivity index (χ0v) is 24.4. The number of aromatic nitrogens is 3. The van der Waals surface area contributed by atoms with E-state index in [0.29, 0.717) is 0 Å². The van der Waals surface area contributed by atoms with Gasteiger partial charge in [0.2, 0.25) is 0 Å². The molecule has 0 fully saturated rings. The van der Waals surface area contributed by atoms with Crippen molar-refractivity contribution in [3.63, 3.8) is 0 Å². The Morgan fingerprint density at radius 1 is 0.477 bits per heavy atom. The number of hydrogen-bond acceptors (Lipinski definition) is 3. The van der Waals surface area contributed by atoms with Gasteiger partial charge in [-0.3, -0.25) is 4.40 Å². The van der Waals surface area contributed by atoms with E-state index in [0.717, 1.165) is 83.2 Å². The molecule has 0 bridgehead atoms. The van der Waals surface area contributed by atoms with Gasteiger partial charge in [-0.15, -0.1) is 0 Å². The van der Waals surface area contributed by atoms with Crippen LogP contribution in [0.1, 0.15) is 11.1 Å². The molecule has 3 heterocycles. The fourth-order valence-electron chi connectivity index (χ4n) is 6.50. The molecule has 6 aromatic carbocycles. The number of rotatable bonds is 3. The lowest BCUT2D eigenvalue weighted by molar-refractivity contribution is 0.669. The van der Waals surface area contributed by atoms with Gasteiger partial charge in [0.25, 0.3) is 0 Å². The van der Waals surface area contributed by atoms with Crippen molar-refractivity contribution in [2.45, 2.75) is 13.8 Å². The molecule has 0 radical (unpaired) electrons. The van der Waals surface area contributed by atoms with Crippen LogP contribution in [0.3, 0.4) is 0 Å². The van der Waals surface area contributed by atoms with Gasteiger partial charge in [-0.25, -0.2) is 9.97 Å². The average Bonchev–Trinajstić information content (AvgIpc) is 3.62. The zero-order valence-electron chi connectivity index (χ0n) is 24.4. The van der Waals surface area contributed by atoms with E-state index >= 15 is 0 Å². The molecule has 0 saturated heterocycles. The number of imidazole rings is 1. The number of nitrogens with zero attached hydrogens (tertiary/aromatic N) is 3. The van der Waals surface area contributed by atoms with Gasteiger partial charge in [-0.1, -0.05) is 77.9 Å². The molecule has 0 saturated carbocycles. The van der Waals surface area contributed by atoms with Gasteiger partial charge in [0.1, 0.15) is 22.6 Å². The first-order chi connectivity index (χ1) is 21.6. The molecule has 9 aromatic rings. The Kier molecular flexibility index (Phi) is 5.29. The number of para-hydroxylation sites is 2. The molecule has 0 amide bonds. The predicted molar refractivity (Wildman–Crippen MR) is 181 cm³/mol. The van der Waals surface area contributed by atoms with E-state index in [-0.39, 0.29) is 0 Å². The molecule has 3 aromatic heterocycles. The highest BCUT2D eigenvalue weighted by Crippen LogP contribution is 2.36. The second-order valence-corrected chi connectivity index (χ2v) is 11.7.